The number of amides is 2. The molecule has 4 fully saturated rings. The predicted octanol–water partition coefficient (Wildman–Crippen LogP) is 4.94. The van der Waals surface area contributed by atoms with Gasteiger partial charge >= 0.3 is 6.03 Å². The second kappa shape index (κ2) is 6.92. The van der Waals surface area contributed by atoms with Gasteiger partial charge in [-0.3, -0.25) is 0 Å². The van der Waals surface area contributed by atoms with E-state index in [4.69, 9.17) is 4.74 Å². The third-order valence-corrected chi connectivity index (χ3v) is 6.56. The van der Waals surface area contributed by atoms with Gasteiger partial charge in [-0.15, -0.1) is 0 Å². The van der Waals surface area contributed by atoms with E-state index in [0.29, 0.717) is 6.54 Å². The van der Waals surface area contributed by atoms with Crippen LogP contribution in [0.1, 0.15) is 45.4 Å². The van der Waals surface area contributed by atoms with Crippen molar-refractivity contribution in [1.29, 1.82) is 0 Å². The number of ether oxygens (including phenoxy) is 1. The Morgan fingerprint density at radius 1 is 1.24 bits per heavy atom. The molecule has 4 nitrogen and oxygen atoms in total. The molecule has 0 aliphatic heterocycles. The van der Waals surface area contributed by atoms with Crippen LogP contribution in [-0.2, 0) is 4.74 Å². The fraction of sp³-hybridized carbons (Fsp3) is 0.650. The molecule has 0 spiro atoms. The van der Waals surface area contributed by atoms with Crippen molar-refractivity contribution in [2.45, 2.75) is 57.2 Å². The summed E-state index contributed by atoms with van der Waals surface area (Å²) in [5, 5.41) is 5.80. The smallest absolute Gasteiger partial charge is 0.319 e. The van der Waals surface area contributed by atoms with Crippen LogP contribution in [0.2, 0.25) is 0 Å². The van der Waals surface area contributed by atoms with Gasteiger partial charge in [0.2, 0.25) is 0 Å². The monoisotopic (exact) mass is 406 g/mol. The first-order valence-electron chi connectivity index (χ1n) is 9.48. The Balaban J connectivity index is 1.26. The molecule has 0 saturated heterocycles. The van der Waals surface area contributed by atoms with E-state index in [0.717, 1.165) is 27.9 Å². The summed E-state index contributed by atoms with van der Waals surface area (Å²) >= 11 is 3.41. The molecule has 4 saturated carbocycles. The zero-order valence-electron chi connectivity index (χ0n) is 14.8. The number of hydrogen-bond donors (Lipinski definition) is 2. The molecule has 1 atom stereocenters. The Morgan fingerprint density at radius 3 is 2.48 bits per heavy atom. The molecule has 0 heterocycles. The number of carbonyl (C=O) groups excluding carboxylic acids is 1. The molecule has 136 valence electrons. The van der Waals surface area contributed by atoms with Gasteiger partial charge in [-0.1, -0.05) is 22.0 Å². The van der Waals surface area contributed by atoms with Gasteiger partial charge in [-0.25, -0.2) is 4.79 Å². The van der Waals surface area contributed by atoms with Crippen LogP contribution in [0.3, 0.4) is 0 Å². The highest BCUT2D eigenvalue weighted by Gasteiger charge is 2.52. The Bertz CT molecular complexity index is 613. The Kier molecular flexibility index (Phi) is 4.80. The molecular formula is C20H27BrN2O2. The van der Waals surface area contributed by atoms with Crippen LogP contribution in [0.15, 0.2) is 28.7 Å². The van der Waals surface area contributed by atoms with E-state index in [1.165, 1.54) is 38.5 Å². The minimum Gasteiger partial charge on any atom is -0.370 e. The number of carbonyl (C=O) groups is 1. The number of halogens is 1. The molecule has 4 bridgehead atoms. The van der Waals surface area contributed by atoms with E-state index >= 15 is 0 Å². The molecule has 2 amide bonds. The van der Waals surface area contributed by atoms with Gasteiger partial charge in [0.1, 0.15) is 0 Å². The molecule has 4 aliphatic carbocycles. The second-order valence-electron chi connectivity index (χ2n) is 8.37. The second-order valence-corrected chi connectivity index (χ2v) is 9.29. The Hall–Kier alpha value is -1.07. The summed E-state index contributed by atoms with van der Waals surface area (Å²) in [4.78, 5) is 12.1. The van der Waals surface area contributed by atoms with Gasteiger partial charge in [-0.2, -0.15) is 0 Å². The third-order valence-electron chi connectivity index (χ3n) is 6.07. The van der Waals surface area contributed by atoms with E-state index in [1.54, 1.807) is 0 Å². The van der Waals surface area contributed by atoms with E-state index in [9.17, 15) is 4.79 Å². The largest absolute Gasteiger partial charge is 0.370 e. The zero-order valence-corrected chi connectivity index (χ0v) is 16.3. The maximum atomic E-state index is 12.1. The van der Waals surface area contributed by atoms with Crippen molar-refractivity contribution in [1.82, 2.24) is 5.32 Å². The standard InChI is InChI=1S/C20H27BrN2O2/c1-13(12-22-19(24)23-18-4-2-3-17(21)8-18)25-20-9-14-5-15(10-20)7-16(6-14)11-20/h2-4,8,13-16H,5-7,9-12H2,1H3,(H2,22,23,24). The number of rotatable bonds is 5. The zero-order chi connectivity index (χ0) is 17.4. The number of anilines is 1. The SMILES string of the molecule is CC(CNC(=O)Nc1cccc(Br)c1)OC12CC3CC(CC(C3)C1)C2. The van der Waals surface area contributed by atoms with Crippen LogP contribution >= 0.6 is 15.9 Å². The minimum atomic E-state index is -0.181. The molecule has 0 aromatic heterocycles. The van der Waals surface area contributed by atoms with Crippen LogP contribution in [0, 0.1) is 17.8 Å². The lowest BCUT2D eigenvalue weighted by Gasteiger charge is -2.57. The summed E-state index contributed by atoms with van der Waals surface area (Å²) in [6.07, 6.45) is 8.00. The first-order chi connectivity index (χ1) is 12.0. The molecule has 5 heteroatoms. The number of nitrogens with one attached hydrogen (secondary N) is 2. The lowest BCUT2D eigenvalue weighted by molar-refractivity contribution is -0.182. The fourth-order valence-electron chi connectivity index (χ4n) is 5.62. The van der Waals surface area contributed by atoms with Crippen LogP contribution in [0.25, 0.3) is 0 Å². The molecule has 4 aliphatic rings. The predicted molar refractivity (Wildman–Crippen MR) is 103 cm³/mol. The van der Waals surface area contributed by atoms with E-state index in [1.807, 2.05) is 24.3 Å². The molecule has 25 heavy (non-hydrogen) atoms. The van der Waals surface area contributed by atoms with Gasteiger partial charge in [0.05, 0.1) is 11.7 Å². The summed E-state index contributed by atoms with van der Waals surface area (Å²) in [6, 6.07) is 7.41. The van der Waals surface area contributed by atoms with Gasteiger partial charge in [-0.05, 0) is 81.4 Å². The van der Waals surface area contributed by atoms with Crippen molar-refractivity contribution in [2.75, 3.05) is 11.9 Å². The number of urea groups is 1. The van der Waals surface area contributed by atoms with E-state index in [2.05, 4.69) is 33.5 Å². The quantitative estimate of drug-likeness (QED) is 0.726. The van der Waals surface area contributed by atoms with Crippen molar-refractivity contribution in [3.63, 3.8) is 0 Å². The fourth-order valence-corrected chi connectivity index (χ4v) is 6.02. The highest BCUT2D eigenvalue weighted by Crippen LogP contribution is 2.57. The third kappa shape index (κ3) is 4.03. The molecule has 1 unspecified atom stereocenters. The average Bonchev–Trinajstić information content (AvgIpc) is 2.51. The van der Waals surface area contributed by atoms with E-state index < -0.39 is 0 Å². The molecule has 2 N–H and O–H groups in total. The maximum Gasteiger partial charge on any atom is 0.319 e. The lowest BCUT2D eigenvalue weighted by Crippen LogP contribution is -2.54. The lowest BCUT2D eigenvalue weighted by atomic mass is 9.54. The molecule has 1 aromatic rings. The van der Waals surface area contributed by atoms with Crippen molar-refractivity contribution in [3.05, 3.63) is 28.7 Å². The van der Waals surface area contributed by atoms with Crippen molar-refractivity contribution >= 4 is 27.6 Å². The maximum absolute atomic E-state index is 12.1. The molecule has 5 rings (SSSR count). The van der Waals surface area contributed by atoms with Crippen molar-refractivity contribution < 1.29 is 9.53 Å². The van der Waals surface area contributed by atoms with Gasteiger partial charge in [0.15, 0.2) is 0 Å². The normalized spacial score (nSPS) is 33.9. The first kappa shape index (κ1) is 17.3. The topological polar surface area (TPSA) is 50.4 Å². The minimum absolute atomic E-state index is 0.0458. The molecule has 0 radical (unpaired) electrons. The van der Waals surface area contributed by atoms with Gasteiger partial charge in [0.25, 0.3) is 0 Å². The highest BCUT2D eigenvalue weighted by molar-refractivity contribution is 9.10. The number of hydrogen-bond acceptors (Lipinski definition) is 2. The van der Waals surface area contributed by atoms with Crippen LogP contribution in [0.5, 0.6) is 0 Å². The summed E-state index contributed by atoms with van der Waals surface area (Å²) < 4.78 is 7.47. The average molecular weight is 407 g/mol. The Morgan fingerprint density at radius 2 is 1.88 bits per heavy atom. The summed E-state index contributed by atoms with van der Waals surface area (Å²) in [7, 11) is 0. The van der Waals surface area contributed by atoms with Crippen LogP contribution in [0.4, 0.5) is 10.5 Å². The van der Waals surface area contributed by atoms with Crippen molar-refractivity contribution in [2.24, 2.45) is 17.8 Å². The highest BCUT2D eigenvalue weighted by atomic mass is 79.9. The van der Waals surface area contributed by atoms with E-state index in [-0.39, 0.29) is 17.7 Å². The van der Waals surface area contributed by atoms with Gasteiger partial charge in [0, 0.05) is 16.7 Å². The summed E-state index contributed by atoms with van der Waals surface area (Å²) in [5.41, 5.74) is 0.873. The summed E-state index contributed by atoms with van der Waals surface area (Å²) in [6.45, 7) is 2.62. The number of benzene rings is 1. The molecular weight excluding hydrogens is 380 g/mol. The van der Waals surface area contributed by atoms with Crippen LogP contribution < -0.4 is 10.6 Å². The van der Waals surface area contributed by atoms with Gasteiger partial charge < -0.3 is 15.4 Å². The molecule has 1 aromatic carbocycles. The van der Waals surface area contributed by atoms with Crippen LogP contribution in [-0.4, -0.2) is 24.3 Å². The summed E-state index contributed by atoms with van der Waals surface area (Å²) in [5.74, 6) is 2.64. The van der Waals surface area contributed by atoms with Crippen molar-refractivity contribution in [3.8, 4) is 0 Å². The Labute approximate surface area is 158 Å². The first-order valence-corrected chi connectivity index (χ1v) is 10.3.